The number of halogens is 2. The van der Waals surface area contributed by atoms with E-state index in [0.717, 1.165) is 12.0 Å². The lowest BCUT2D eigenvalue weighted by Crippen LogP contribution is -2.37. The van der Waals surface area contributed by atoms with Crippen molar-refractivity contribution in [3.63, 3.8) is 0 Å². The summed E-state index contributed by atoms with van der Waals surface area (Å²) in [5.41, 5.74) is 1.35. The first-order valence-corrected chi connectivity index (χ1v) is 9.02. The Labute approximate surface area is 163 Å². The summed E-state index contributed by atoms with van der Waals surface area (Å²) in [7, 11) is 0. The van der Waals surface area contributed by atoms with E-state index in [4.69, 9.17) is 23.2 Å². The van der Waals surface area contributed by atoms with Crippen LogP contribution < -0.4 is 5.32 Å². The number of nitrogens with zero attached hydrogens (tertiary/aromatic N) is 1. The van der Waals surface area contributed by atoms with Crippen molar-refractivity contribution in [1.82, 2.24) is 4.90 Å². The van der Waals surface area contributed by atoms with Crippen molar-refractivity contribution in [3.05, 3.63) is 70.2 Å². The molecule has 4 nitrogen and oxygen atoms in total. The third-order valence-electron chi connectivity index (χ3n) is 3.56. The predicted molar refractivity (Wildman–Crippen MR) is 107 cm³/mol. The van der Waals surface area contributed by atoms with Gasteiger partial charge in [-0.05, 0) is 36.3 Å². The highest BCUT2D eigenvalue weighted by molar-refractivity contribution is 6.35. The third kappa shape index (κ3) is 6.21. The van der Waals surface area contributed by atoms with Crippen LogP contribution in [0.4, 0.5) is 5.69 Å². The summed E-state index contributed by atoms with van der Waals surface area (Å²) in [4.78, 5) is 26.2. The summed E-state index contributed by atoms with van der Waals surface area (Å²) >= 11 is 12.0. The van der Waals surface area contributed by atoms with Crippen LogP contribution in [-0.2, 0) is 9.59 Å². The molecule has 0 aliphatic rings. The minimum absolute atomic E-state index is 0.0609. The predicted octanol–water partition coefficient (Wildman–Crippen LogP) is 4.88. The molecule has 0 aliphatic heterocycles. The number of rotatable bonds is 7. The molecule has 2 aromatic rings. The molecule has 0 aliphatic carbocycles. The number of carbonyl (C=O) groups is 2. The van der Waals surface area contributed by atoms with Crippen LogP contribution in [0.2, 0.25) is 10.0 Å². The smallest absolute Gasteiger partial charge is 0.247 e. The molecule has 26 heavy (non-hydrogen) atoms. The fraction of sp³-hybridized carbons (Fsp3) is 0.200. The molecular weight excluding hydrogens is 371 g/mol. The maximum Gasteiger partial charge on any atom is 0.247 e. The van der Waals surface area contributed by atoms with Gasteiger partial charge in [-0.2, -0.15) is 0 Å². The number of hydrogen-bond donors (Lipinski definition) is 1. The Morgan fingerprint density at radius 2 is 1.85 bits per heavy atom. The van der Waals surface area contributed by atoms with E-state index in [9.17, 15) is 9.59 Å². The van der Waals surface area contributed by atoms with Crippen LogP contribution in [0.5, 0.6) is 0 Å². The highest BCUT2D eigenvalue weighted by atomic mass is 35.5. The zero-order valence-electron chi connectivity index (χ0n) is 14.4. The summed E-state index contributed by atoms with van der Waals surface area (Å²) in [6, 6.07) is 14.3. The van der Waals surface area contributed by atoms with Gasteiger partial charge in [0.1, 0.15) is 6.54 Å². The Morgan fingerprint density at radius 1 is 1.12 bits per heavy atom. The van der Waals surface area contributed by atoms with E-state index in [1.54, 1.807) is 24.3 Å². The summed E-state index contributed by atoms with van der Waals surface area (Å²) < 4.78 is 0. The molecule has 2 rings (SSSR count). The summed E-state index contributed by atoms with van der Waals surface area (Å²) in [6.07, 6.45) is 3.96. The maximum atomic E-state index is 12.4. The number of hydrogen-bond acceptors (Lipinski definition) is 2. The van der Waals surface area contributed by atoms with Crippen molar-refractivity contribution in [1.29, 1.82) is 0 Å². The molecule has 2 aromatic carbocycles. The number of benzene rings is 2. The molecule has 136 valence electrons. The maximum absolute atomic E-state index is 12.4. The fourth-order valence-corrected chi connectivity index (χ4v) is 2.67. The molecule has 0 heterocycles. The molecule has 6 heteroatoms. The fourth-order valence-electron chi connectivity index (χ4n) is 2.33. The van der Waals surface area contributed by atoms with Gasteiger partial charge in [0.15, 0.2) is 0 Å². The lowest BCUT2D eigenvalue weighted by Gasteiger charge is -2.20. The Kier molecular flexibility index (Phi) is 7.70. The standard InChI is InChI=1S/C20H20Cl2N2O2/c1-2-12-24(20(26)11-8-15-6-4-3-5-7-15)14-19(25)23-18-13-16(21)9-10-17(18)22/h3-11,13H,2,12,14H2,1H3,(H,23,25)/b11-8+. The van der Waals surface area contributed by atoms with Crippen LogP contribution in [-0.4, -0.2) is 29.8 Å². The molecule has 0 aromatic heterocycles. The Balaban J connectivity index is 2.02. The van der Waals surface area contributed by atoms with Crippen molar-refractivity contribution in [3.8, 4) is 0 Å². The van der Waals surface area contributed by atoms with Gasteiger partial charge in [-0.3, -0.25) is 9.59 Å². The van der Waals surface area contributed by atoms with E-state index in [1.165, 1.54) is 11.0 Å². The lowest BCUT2D eigenvalue weighted by molar-refractivity contribution is -0.130. The highest BCUT2D eigenvalue weighted by Gasteiger charge is 2.15. The quantitative estimate of drug-likeness (QED) is 0.684. The SMILES string of the molecule is CCCN(CC(=O)Nc1cc(Cl)ccc1Cl)C(=O)/C=C/c1ccccc1. The van der Waals surface area contributed by atoms with Crippen LogP contribution in [0.25, 0.3) is 6.08 Å². The minimum Gasteiger partial charge on any atom is -0.330 e. The summed E-state index contributed by atoms with van der Waals surface area (Å²) in [6.45, 7) is 2.37. The third-order valence-corrected chi connectivity index (χ3v) is 4.12. The van der Waals surface area contributed by atoms with Gasteiger partial charge in [-0.15, -0.1) is 0 Å². The molecule has 0 unspecified atom stereocenters. The van der Waals surface area contributed by atoms with Crippen LogP contribution in [0, 0.1) is 0 Å². The molecule has 0 radical (unpaired) electrons. The van der Waals surface area contributed by atoms with E-state index < -0.39 is 0 Å². The first kappa shape index (κ1) is 20.0. The second kappa shape index (κ2) is 10.00. The first-order valence-electron chi connectivity index (χ1n) is 8.26. The molecule has 0 saturated carbocycles. The van der Waals surface area contributed by atoms with Crippen LogP contribution in [0.3, 0.4) is 0 Å². The van der Waals surface area contributed by atoms with Gasteiger partial charge in [-0.25, -0.2) is 0 Å². The van der Waals surface area contributed by atoms with Gasteiger partial charge < -0.3 is 10.2 Å². The Bertz CT molecular complexity index is 792. The van der Waals surface area contributed by atoms with Gasteiger partial charge in [0.25, 0.3) is 0 Å². The normalized spacial score (nSPS) is 10.7. The van der Waals surface area contributed by atoms with Crippen molar-refractivity contribution in [2.75, 3.05) is 18.4 Å². The molecule has 0 saturated heterocycles. The monoisotopic (exact) mass is 390 g/mol. The van der Waals surface area contributed by atoms with Gasteiger partial charge in [0, 0.05) is 17.6 Å². The molecule has 0 bridgehead atoms. The van der Waals surface area contributed by atoms with Crippen molar-refractivity contribution >= 4 is 46.8 Å². The molecule has 1 N–H and O–H groups in total. The summed E-state index contributed by atoms with van der Waals surface area (Å²) in [5.74, 6) is -0.549. The van der Waals surface area contributed by atoms with Crippen LogP contribution in [0.1, 0.15) is 18.9 Å². The second-order valence-electron chi connectivity index (χ2n) is 5.68. The van der Waals surface area contributed by atoms with E-state index in [0.29, 0.717) is 22.3 Å². The molecule has 0 atom stereocenters. The number of amides is 2. The zero-order valence-corrected chi connectivity index (χ0v) is 15.9. The largest absolute Gasteiger partial charge is 0.330 e. The second-order valence-corrected chi connectivity index (χ2v) is 6.52. The number of nitrogens with one attached hydrogen (secondary N) is 1. The van der Waals surface area contributed by atoms with E-state index in [1.807, 2.05) is 37.3 Å². The minimum atomic E-state index is -0.330. The average molecular weight is 391 g/mol. The van der Waals surface area contributed by atoms with Gasteiger partial charge >= 0.3 is 0 Å². The van der Waals surface area contributed by atoms with Crippen LogP contribution >= 0.6 is 23.2 Å². The Hall–Kier alpha value is -2.30. The first-order chi connectivity index (χ1) is 12.5. The van der Waals surface area contributed by atoms with Gasteiger partial charge in [0.05, 0.1) is 10.7 Å². The van der Waals surface area contributed by atoms with E-state index in [-0.39, 0.29) is 18.4 Å². The van der Waals surface area contributed by atoms with Crippen LogP contribution in [0.15, 0.2) is 54.6 Å². The Morgan fingerprint density at radius 3 is 2.54 bits per heavy atom. The average Bonchev–Trinajstić information content (AvgIpc) is 2.63. The van der Waals surface area contributed by atoms with Crippen molar-refractivity contribution in [2.45, 2.75) is 13.3 Å². The lowest BCUT2D eigenvalue weighted by atomic mass is 10.2. The number of anilines is 1. The van der Waals surface area contributed by atoms with Crippen molar-refractivity contribution in [2.24, 2.45) is 0 Å². The zero-order chi connectivity index (χ0) is 18.9. The highest BCUT2D eigenvalue weighted by Crippen LogP contribution is 2.25. The molecule has 0 fully saturated rings. The van der Waals surface area contributed by atoms with Gasteiger partial charge in [0.2, 0.25) is 11.8 Å². The topological polar surface area (TPSA) is 49.4 Å². The van der Waals surface area contributed by atoms with Gasteiger partial charge in [-0.1, -0.05) is 60.5 Å². The molecule has 0 spiro atoms. The molecule has 2 amide bonds. The summed E-state index contributed by atoms with van der Waals surface area (Å²) in [5, 5.41) is 3.55. The number of carbonyl (C=O) groups excluding carboxylic acids is 2. The van der Waals surface area contributed by atoms with E-state index in [2.05, 4.69) is 5.32 Å². The van der Waals surface area contributed by atoms with E-state index >= 15 is 0 Å². The molecular formula is C20H20Cl2N2O2. The van der Waals surface area contributed by atoms with Crippen molar-refractivity contribution < 1.29 is 9.59 Å².